The molecule has 1 aromatic rings. The van der Waals surface area contributed by atoms with E-state index < -0.39 is 6.09 Å². The minimum atomic E-state index is -0.393. The van der Waals surface area contributed by atoms with Crippen molar-refractivity contribution in [1.82, 2.24) is 5.32 Å². The molecule has 1 rings (SSSR count). The molecule has 1 aromatic carbocycles. The first-order valence-electron chi connectivity index (χ1n) is 7.79. The van der Waals surface area contributed by atoms with Crippen LogP contribution in [0.5, 0.6) is 0 Å². The molecule has 2 N–H and O–H groups in total. The highest BCUT2D eigenvalue weighted by molar-refractivity contribution is 7.99. The molecule has 0 aromatic heterocycles. The molecule has 0 heterocycles. The number of alkyl carbamates (subject to hydrolysis) is 1. The first kappa shape index (κ1) is 19.8. The summed E-state index contributed by atoms with van der Waals surface area (Å²) >= 11 is 1.77. The van der Waals surface area contributed by atoms with Crippen LogP contribution >= 0.6 is 11.8 Å². The third kappa shape index (κ3) is 10.2. The fraction of sp³-hybridized carbons (Fsp3) is 0.588. The van der Waals surface area contributed by atoms with E-state index in [0.29, 0.717) is 13.2 Å². The molecule has 5 nitrogen and oxygen atoms in total. The molecule has 6 heteroatoms. The number of amides is 1. The second kappa shape index (κ2) is 11.3. The van der Waals surface area contributed by atoms with Gasteiger partial charge in [-0.15, -0.1) is 0 Å². The van der Waals surface area contributed by atoms with Crippen molar-refractivity contribution < 1.29 is 19.4 Å². The minimum absolute atomic E-state index is 0.0622. The summed E-state index contributed by atoms with van der Waals surface area (Å²) in [5, 5.41) is 11.5. The summed E-state index contributed by atoms with van der Waals surface area (Å²) in [6.45, 7) is 5.34. The van der Waals surface area contributed by atoms with Crippen LogP contribution in [-0.4, -0.2) is 48.1 Å². The molecule has 0 saturated carbocycles. The number of rotatable bonds is 11. The van der Waals surface area contributed by atoms with Gasteiger partial charge < -0.3 is 19.9 Å². The summed E-state index contributed by atoms with van der Waals surface area (Å²) in [7, 11) is 0. The van der Waals surface area contributed by atoms with Crippen LogP contribution in [0.1, 0.15) is 25.8 Å². The number of benzene rings is 1. The normalized spacial score (nSPS) is 11.3. The summed E-state index contributed by atoms with van der Waals surface area (Å²) in [6.07, 6.45) is 0.452. The highest BCUT2D eigenvalue weighted by Crippen LogP contribution is 2.14. The quantitative estimate of drug-likeness (QED) is 0.606. The second-order valence-corrected chi connectivity index (χ2v) is 6.99. The molecular formula is C17H27NO4S. The number of thioether (sulfide) groups is 1. The van der Waals surface area contributed by atoms with E-state index in [1.54, 1.807) is 11.8 Å². The Kier molecular flexibility index (Phi) is 9.75. The van der Waals surface area contributed by atoms with E-state index >= 15 is 0 Å². The number of nitrogens with one attached hydrogen (secondary N) is 1. The van der Waals surface area contributed by atoms with Crippen molar-refractivity contribution in [3.63, 3.8) is 0 Å². The van der Waals surface area contributed by atoms with E-state index in [0.717, 1.165) is 23.5 Å². The lowest BCUT2D eigenvalue weighted by Crippen LogP contribution is -2.44. The Bertz CT molecular complexity index is 439. The highest BCUT2D eigenvalue weighted by atomic mass is 32.2. The Labute approximate surface area is 142 Å². The lowest BCUT2D eigenvalue weighted by molar-refractivity contribution is 0.103. The van der Waals surface area contributed by atoms with Crippen molar-refractivity contribution in [2.24, 2.45) is 0 Å². The van der Waals surface area contributed by atoms with Gasteiger partial charge in [0.25, 0.3) is 0 Å². The van der Waals surface area contributed by atoms with Crippen molar-refractivity contribution in [2.45, 2.75) is 32.4 Å². The first-order chi connectivity index (χ1) is 11.0. The molecule has 0 aliphatic heterocycles. The van der Waals surface area contributed by atoms with Crippen molar-refractivity contribution in [3.05, 3.63) is 35.9 Å². The molecule has 0 unspecified atom stereocenters. The van der Waals surface area contributed by atoms with E-state index in [1.165, 1.54) is 0 Å². The van der Waals surface area contributed by atoms with Gasteiger partial charge in [-0.25, -0.2) is 4.79 Å². The predicted octanol–water partition coefficient (Wildman–Crippen LogP) is 2.82. The van der Waals surface area contributed by atoms with Gasteiger partial charge >= 0.3 is 6.09 Å². The average Bonchev–Trinajstić information content (AvgIpc) is 2.52. The number of carbonyl (C=O) groups excluding carboxylic acids is 1. The van der Waals surface area contributed by atoms with Crippen molar-refractivity contribution in [3.8, 4) is 0 Å². The third-order valence-corrected chi connectivity index (χ3v) is 4.08. The Morgan fingerprint density at radius 1 is 1.22 bits per heavy atom. The molecule has 0 aliphatic rings. The highest BCUT2D eigenvalue weighted by Gasteiger charge is 2.20. The SMILES string of the molecule is CC(C)(CCSCCOCCO)NC(=O)OCc1ccccc1. The van der Waals surface area contributed by atoms with Crippen molar-refractivity contribution in [2.75, 3.05) is 31.3 Å². The Morgan fingerprint density at radius 2 is 1.96 bits per heavy atom. The molecule has 0 saturated heterocycles. The lowest BCUT2D eigenvalue weighted by atomic mass is 10.0. The molecule has 0 fully saturated rings. The fourth-order valence-corrected chi connectivity index (χ4v) is 2.91. The summed E-state index contributed by atoms with van der Waals surface area (Å²) in [5.74, 6) is 1.81. The fourth-order valence-electron chi connectivity index (χ4n) is 1.81. The van der Waals surface area contributed by atoms with Crippen LogP contribution in [0.3, 0.4) is 0 Å². The van der Waals surface area contributed by atoms with Crippen LogP contribution < -0.4 is 5.32 Å². The monoisotopic (exact) mass is 341 g/mol. The number of aliphatic hydroxyl groups excluding tert-OH is 1. The van der Waals surface area contributed by atoms with E-state index in [-0.39, 0.29) is 18.8 Å². The second-order valence-electron chi connectivity index (χ2n) is 5.77. The van der Waals surface area contributed by atoms with Crippen molar-refractivity contribution >= 4 is 17.9 Å². The van der Waals surface area contributed by atoms with Gasteiger partial charge in [0.15, 0.2) is 0 Å². The number of hydrogen-bond donors (Lipinski definition) is 2. The Balaban J connectivity index is 2.14. The van der Waals surface area contributed by atoms with Gasteiger partial charge in [0.05, 0.1) is 19.8 Å². The molecule has 1 amide bonds. The van der Waals surface area contributed by atoms with Crippen LogP contribution in [0.4, 0.5) is 4.79 Å². The van der Waals surface area contributed by atoms with Gasteiger partial charge in [-0.1, -0.05) is 30.3 Å². The number of hydrogen-bond acceptors (Lipinski definition) is 5. The molecule has 130 valence electrons. The number of ether oxygens (including phenoxy) is 2. The Morgan fingerprint density at radius 3 is 2.65 bits per heavy atom. The average molecular weight is 341 g/mol. The molecule has 23 heavy (non-hydrogen) atoms. The van der Waals surface area contributed by atoms with Crippen LogP contribution in [0.25, 0.3) is 0 Å². The van der Waals surface area contributed by atoms with Crippen LogP contribution in [-0.2, 0) is 16.1 Å². The Hall–Kier alpha value is -1.24. The van der Waals surface area contributed by atoms with Gasteiger partial charge in [-0.05, 0) is 31.6 Å². The lowest BCUT2D eigenvalue weighted by Gasteiger charge is -2.25. The maximum atomic E-state index is 11.9. The minimum Gasteiger partial charge on any atom is -0.445 e. The van der Waals surface area contributed by atoms with E-state index in [1.807, 2.05) is 44.2 Å². The number of carbonyl (C=O) groups is 1. The zero-order chi connectivity index (χ0) is 17.0. The molecule has 0 radical (unpaired) electrons. The first-order valence-corrected chi connectivity index (χ1v) is 8.94. The maximum absolute atomic E-state index is 11.9. The van der Waals surface area contributed by atoms with E-state index in [4.69, 9.17) is 14.6 Å². The molecule has 0 aliphatic carbocycles. The largest absolute Gasteiger partial charge is 0.445 e. The standard InChI is InChI=1S/C17H27NO4S/c1-17(2,8-12-23-13-11-21-10-9-19)18-16(20)22-14-15-6-4-3-5-7-15/h3-7,19H,8-14H2,1-2H3,(H,18,20). The third-order valence-electron chi connectivity index (χ3n) is 3.13. The van der Waals surface area contributed by atoms with Crippen LogP contribution in [0.15, 0.2) is 30.3 Å². The van der Waals surface area contributed by atoms with Crippen LogP contribution in [0.2, 0.25) is 0 Å². The summed E-state index contributed by atoms with van der Waals surface area (Å²) in [6, 6.07) is 9.62. The molecule has 0 bridgehead atoms. The predicted molar refractivity (Wildman–Crippen MR) is 93.7 cm³/mol. The van der Waals surface area contributed by atoms with E-state index in [9.17, 15) is 4.79 Å². The van der Waals surface area contributed by atoms with E-state index in [2.05, 4.69) is 5.32 Å². The van der Waals surface area contributed by atoms with Gasteiger partial charge in [0, 0.05) is 11.3 Å². The smallest absolute Gasteiger partial charge is 0.407 e. The van der Waals surface area contributed by atoms with Gasteiger partial charge in [-0.2, -0.15) is 11.8 Å². The zero-order valence-electron chi connectivity index (χ0n) is 13.9. The summed E-state index contributed by atoms with van der Waals surface area (Å²) in [5.41, 5.74) is 0.658. The topological polar surface area (TPSA) is 67.8 Å². The van der Waals surface area contributed by atoms with Crippen LogP contribution in [0, 0.1) is 0 Å². The molecule has 0 spiro atoms. The summed E-state index contributed by atoms with van der Waals surface area (Å²) in [4.78, 5) is 11.9. The zero-order valence-corrected chi connectivity index (χ0v) is 14.7. The molecule has 0 atom stereocenters. The maximum Gasteiger partial charge on any atom is 0.407 e. The van der Waals surface area contributed by atoms with Crippen molar-refractivity contribution in [1.29, 1.82) is 0 Å². The number of aliphatic hydroxyl groups is 1. The summed E-state index contributed by atoms with van der Waals surface area (Å²) < 4.78 is 10.4. The van der Waals surface area contributed by atoms with Gasteiger partial charge in [0.2, 0.25) is 0 Å². The van der Waals surface area contributed by atoms with Gasteiger partial charge in [-0.3, -0.25) is 0 Å². The van der Waals surface area contributed by atoms with Gasteiger partial charge in [0.1, 0.15) is 6.61 Å². The molecular weight excluding hydrogens is 314 g/mol.